The third kappa shape index (κ3) is 2.89. The monoisotopic (exact) mass is 257 g/mol. The zero-order valence-corrected chi connectivity index (χ0v) is 7.99. The maximum Gasteiger partial charge on any atom is 0.454 e. The fourth-order valence-corrected chi connectivity index (χ4v) is 1.10. The van der Waals surface area contributed by atoms with Gasteiger partial charge in [0.25, 0.3) is 5.78 Å². The van der Waals surface area contributed by atoms with Crippen LogP contribution in [0.2, 0.25) is 0 Å². The van der Waals surface area contributed by atoms with Gasteiger partial charge in [0.2, 0.25) is 0 Å². The third-order valence-corrected chi connectivity index (χ3v) is 1.88. The Balaban J connectivity index is 3.20. The van der Waals surface area contributed by atoms with Crippen molar-refractivity contribution >= 4 is 11.5 Å². The Hall–Kier alpha value is -1.73. The van der Waals surface area contributed by atoms with Crippen molar-refractivity contribution in [2.75, 3.05) is 5.73 Å². The molecular formula is C9H5F6NO. The van der Waals surface area contributed by atoms with Gasteiger partial charge in [0.05, 0.1) is 11.1 Å². The molecule has 0 aliphatic heterocycles. The quantitative estimate of drug-likeness (QED) is 0.477. The van der Waals surface area contributed by atoms with Crippen LogP contribution in [0.25, 0.3) is 0 Å². The molecule has 1 aromatic carbocycles. The Morgan fingerprint density at radius 2 is 1.59 bits per heavy atom. The summed E-state index contributed by atoms with van der Waals surface area (Å²) in [4.78, 5) is 10.8. The molecule has 0 heterocycles. The predicted octanol–water partition coefficient (Wildman–Crippen LogP) is 3.03. The van der Waals surface area contributed by atoms with Gasteiger partial charge in [-0.1, -0.05) is 0 Å². The first kappa shape index (κ1) is 13.3. The number of nitrogen functional groups attached to an aromatic ring is 1. The number of benzene rings is 1. The number of carbonyl (C=O) groups excluding carboxylic acids is 1. The molecule has 0 fully saturated rings. The summed E-state index contributed by atoms with van der Waals surface area (Å²) in [5.41, 5.74) is 1.93. The van der Waals surface area contributed by atoms with E-state index >= 15 is 0 Å². The molecule has 0 saturated heterocycles. The number of ketones is 1. The van der Waals surface area contributed by atoms with Crippen molar-refractivity contribution < 1.29 is 31.1 Å². The van der Waals surface area contributed by atoms with E-state index in [4.69, 9.17) is 5.73 Å². The highest BCUT2D eigenvalue weighted by Crippen LogP contribution is 2.33. The van der Waals surface area contributed by atoms with Crippen molar-refractivity contribution in [1.82, 2.24) is 0 Å². The summed E-state index contributed by atoms with van der Waals surface area (Å²) in [6.07, 6.45) is -9.90. The van der Waals surface area contributed by atoms with Crippen LogP contribution in [-0.2, 0) is 6.18 Å². The number of halogens is 6. The van der Waals surface area contributed by atoms with E-state index in [9.17, 15) is 31.1 Å². The number of anilines is 1. The van der Waals surface area contributed by atoms with Gasteiger partial charge >= 0.3 is 12.4 Å². The molecule has 8 heteroatoms. The summed E-state index contributed by atoms with van der Waals surface area (Å²) in [6, 6.07) is 1.07. The smallest absolute Gasteiger partial charge is 0.398 e. The molecule has 0 aliphatic rings. The maximum atomic E-state index is 12.2. The number of hydrogen-bond acceptors (Lipinski definition) is 2. The van der Waals surface area contributed by atoms with Crippen LogP contribution in [-0.4, -0.2) is 12.0 Å². The first-order chi connectivity index (χ1) is 7.53. The van der Waals surface area contributed by atoms with Gasteiger partial charge in [0.15, 0.2) is 0 Å². The summed E-state index contributed by atoms with van der Waals surface area (Å²) in [7, 11) is 0. The Labute approximate surface area is 91.0 Å². The van der Waals surface area contributed by atoms with E-state index in [2.05, 4.69) is 0 Å². The fraction of sp³-hybridized carbons (Fsp3) is 0.222. The highest BCUT2D eigenvalue weighted by molar-refractivity contribution is 6.04. The van der Waals surface area contributed by atoms with Crippen molar-refractivity contribution in [3.63, 3.8) is 0 Å². The zero-order valence-electron chi connectivity index (χ0n) is 7.99. The highest BCUT2D eigenvalue weighted by Gasteiger charge is 2.41. The Bertz CT molecular complexity index is 448. The Morgan fingerprint density at radius 1 is 1.06 bits per heavy atom. The molecule has 94 valence electrons. The van der Waals surface area contributed by atoms with Crippen LogP contribution in [0.3, 0.4) is 0 Å². The van der Waals surface area contributed by atoms with Gasteiger partial charge < -0.3 is 5.73 Å². The summed E-state index contributed by atoms with van der Waals surface area (Å²) >= 11 is 0. The van der Waals surface area contributed by atoms with Gasteiger partial charge in [-0.25, -0.2) is 0 Å². The molecule has 1 aromatic rings. The van der Waals surface area contributed by atoms with Crippen LogP contribution < -0.4 is 5.73 Å². The van der Waals surface area contributed by atoms with Crippen molar-refractivity contribution in [2.24, 2.45) is 0 Å². The first-order valence-corrected chi connectivity index (χ1v) is 4.11. The van der Waals surface area contributed by atoms with E-state index in [1.54, 1.807) is 0 Å². The van der Waals surface area contributed by atoms with Crippen molar-refractivity contribution in [2.45, 2.75) is 12.4 Å². The zero-order chi connectivity index (χ0) is 13.4. The molecule has 1 rings (SSSR count). The maximum absolute atomic E-state index is 12.2. The van der Waals surface area contributed by atoms with Gasteiger partial charge in [0.1, 0.15) is 0 Å². The molecule has 0 amide bonds. The molecule has 2 N–H and O–H groups in total. The van der Waals surface area contributed by atoms with Crippen LogP contribution in [0.1, 0.15) is 15.9 Å². The lowest BCUT2D eigenvalue weighted by atomic mass is 10.1. The molecule has 0 unspecified atom stereocenters. The van der Waals surface area contributed by atoms with E-state index in [1.165, 1.54) is 0 Å². The van der Waals surface area contributed by atoms with Crippen LogP contribution in [0, 0.1) is 0 Å². The van der Waals surface area contributed by atoms with Gasteiger partial charge in [-0.15, -0.1) is 0 Å². The molecular weight excluding hydrogens is 252 g/mol. The summed E-state index contributed by atoms with van der Waals surface area (Å²) < 4.78 is 72.6. The van der Waals surface area contributed by atoms with Crippen LogP contribution in [0.4, 0.5) is 32.0 Å². The first-order valence-electron chi connectivity index (χ1n) is 4.11. The standard InChI is InChI=1S/C9H5F6NO/c10-8(11,12)4-1-2-5(6(16)3-4)7(17)9(13,14)15/h1-3H,16H2. The van der Waals surface area contributed by atoms with Gasteiger partial charge in [0, 0.05) is 5.69 Å². The molecule has 0 radical (unpaired) electrons. The molecule has 0 bridgehead atoms. The molecule has 0 aromatic heterocycles. The number of Topliss-reactive ketones (excluding diaryl/α,β-unsaturated/α-hetero) is 1. The SMILES string of the molecule is Nc1cc(C(F)(F)F)ccc1C(=O)C(F)(F)F. The normalized spacial score (nSPS) is 12.6. The number of carbonyl (C=O) groups is 1. The number of hydrogen-bond donors (Lipinski definition) is 1. The predicted molar refractivity (Wildman–Crippen MR) is 46.2 cm³/mol. The second-order valence-electron chi connectivity index (χ2n) is 3.13. The topological polar surface area (TPSA) is 43.1 Å². The minimum absolute atomic E-state index is 0.291. The minimum atomic E-state index is -5.17. The summed E-state index contributed by atoms with van der Waals surface area (Å²) in [6.45, 7) is 0. The summed E-state index contributed by atoms with van der Waals surface area (Å²) in [5.74, 6) is -2.27. The second kappa shape index (κ2) is 3.94. The van der Waals surface area contributed by atoms with Crippen LogP contribution in [0.5, 0.6) is 0 Å². The molecule has 2 nitrogen and oxygen atoms in total. The lowest BCUT2D eigenvalue weighted by Crippen LogP contribution is -2.24. The minimum Gasteiger partial charge on any atom is -0.398 e. The number of rotatable bonds is 1. The summed E-state index contributed by atoms with van der Waals surface area (Å²) in [5, 5.41) is 0. The van der Waals surface area contributed by atoms with Crippen LogP contribution in [0.15, 0.2) is 18.2 Å². The van der Waals surface area contributed by atoms with Crippen LogP contribution >= 0.6 is 0 Å². The highest BCUT2D eigenvalue weighted by atomic mass is 19.4. The van der Waals surface area contributed by atoms with E-state index < -0.39 is 35.0 Å². The molecule has 0 atom stereocenters. The fourth-order valence-electron chi connectivity index (χ4n) is 1.10. The molecule has 0 aliphatic carbocycles. The van der Waals surface area contributed by atoms with E-state index in [1.807, 2.05) is 0 Å². The molecule has 17 heavy (non-hydrogen) atoms. The average molecular weight is 257 g/mol. The lowest BCUT2D eigenvalue weighted by Gasteiger charge is -2.11. The molecule has 0 saturated carbocycles. The second-order valence-corrected chi connectivity index (χ2v) is 3.13. The van der Waals surface area contributed by atoms with Gasteiger partial charge in [-0.2, -0.15) is 26.3 Å². The Morgan fingerprint density at radius 3 is 1.94 bits per heavy atom. The van der Waals surface area contributed by atoms with E-state index in [-0.39, 0.29) is 0 Å². The number of alkyl halides is 6. The van der Waals surface area contributed by atoms with Gasteiger partial charge in [-0.3, -0.25) is 4.79 Å². The molecule has 0 spiro atoms. The Kier molecular flexibility index (Phi) is 3.09. The van der Waals surface area contributed by atoms with Crippen molar-refractivity contribution in [3.8, 4) is 0 Å². The largest absolute Gasteiger partial charge is 0.454 e. The third-order valence-electron chi connectivity index (χ3n) is 1.88. The average Bonchev–Trinajstić information content (AvgIpc) is 2.13. The van der Waals surface area contributed by atoms with E-state index in [0.717, 1.165) is 0 Å². The van der Waals surface area contributed by atoms with Crippen molar-refractivity contribution in [3.05, 3.63) is 29.3 Å². The van der Waals surface area contributed by atoms with Gasteiger partial charge in [-0.05, 0) is 18.2 Å². The lowest BCUT2D eigenvalue weighted by molar-refractivity contribution is -0.137. The number of nitrogens with two attached hydrogens (primary N) is 1. The van der Waals surface area contributed by atoms with Crippen molar-refractivity contribution in [1.29, 1.82) is 0 Å². The van der Waals surface area contributed by atoms with E-state index in [0.29, 0.717) is 18.2 Å².